The zero-order valence-corrected chi connectivity index (χ0v) is 42.2. The number of likely N-dealkylation sites (tertiary alicyclic amines) is 1. The van der Waals surface area contributed by atoms with E-state index in [0.29, 0.717) is 45.9 Å². The summed E-state index contributed by atoms with van der Waals surface area (Å²) in [5.74, 6) is 2.80. The van der Waals surface area contributed by atoms with E-state index in [0.717, 1.165) is 108 Å². The summed E-state index contributed by atoms with van der Waals surface area (Å²) in [6.07, 6.45) is 18.2. The van der Waals surface area contributed by atoms with Crippen molar-refractivity contribution in [3.63, 3.8) is 0 Å². The summed E-state index contributed by atoms with van der Waals surface area (Å²) in [4.78, 5) is 24.9. The van der Waals surface area contributed by atoms with Gasteiger partial charge in [-0.3, -0.25) is 9.48 Å². The first-order valence-corrected chi connectivity index (χ1v) is 26.8. The Morgan fingerprint density at radius 2 is 1.64 bits per heavy atom. The first kappa shape index (κ1) is 45.8. The Balaban J connectivity index is 0.625. The molecule has 12 rings (SSSR count). The largest absolute Gasteiger partial charge is 0.473 e. The van der Waals surface area contributed by atoms with Gasteiger partial charge in [-0.05, 0) is 173 Å². The molecule has 368 valence electrons. The topological polar surface area (TPSA) is 125 Å². The van der Waals surface area contributed by atoms with E-state index in [-0.39, 0.29) is 12.0 Å². The van der Waals surface area contributed by atoms with E-state index in [2.05, 4.69) is 89.4 Å². The highest BCUT2D eigenvalue weighted by Gasteiger charge is 2.49. The predicted molar refractivity (Wildman–Crippen MR) is 274 cm³/mol. The summed E-state index contributed by atoms with van der Waals surface area (Å²) in [6.45, 7) is 13.5. The maximum atomic E-state index is 12.7. The van der Waals surface area contributed by atoms with Gasteiger partial charge in [0.1, 0.15) is 12.2 Å². The van der Waals surface area contributed by atoms with Gasteiger partial charge < -0.3 is 34.2 Å². The van der Waals surface area contributed by atoms with Gasteiger partial charge >= 0.3 is 0 Å². The number of aromatic nitrogens is 4. The third kappa shape index (κ3) is 8.57. The van der Waals surface area contributed by atoms with E-state index in [1.807, 2.05) is 29.2 Å². The Morgan fingerprint density at radius 1 is 0.871 bits per heavy atom. The number of hydrogen-bond acceptors (Lipinski definition) is 12. The number of nitriles is 1. The fourth-order valence-electron chi connectivity index (χ4n) is 13.9. The molecule has 4 aromatic rings. The third-order valence-corrected chi connectivity index (χ3v) is 18.5. The number of halogens is 1. The van der Waals surface area contributed by atoms with Gasteiger partial charge in [-0.1, -0.05) is 11.6 Å². The number of benzene rings is 2. The van der Waals surface area contributed by atoms with Crippen LogP contribution >= 0.6 is 11.6 Å². The molecule has 15 heteroatoms. The Labute approximate surface area is 418 Å². The summed E-state index contributed by atoms with van der Waals surface area (Å²) >= 11 is 6.37. The fraction of sp³-hybridized carbons (Fsp3) is 0.582. The minimum Gasteiger partial charge on any atom is -0.473 e. The molecule has 0 unspecified atom stereocenters. The van der Waals surface area contributed by atoms with Crippen molar-refractivity contribution in [3.8, 4) is 11.9 Å². The molecule has 2 aromatic carbocycles. The van der Waals surface area contributed by atoms with E-state index < -0.39 is 0 Å². The van der Waals surface area contributed by atoms with Gasteiger partial charge in [0.2, 0.25) is 11.8 Å². The monoisotopic (exact) mass is 965 g/mol. The van der Waals surface area contributed by atoms with Crippen molar-refractivity contribution in [1.29, 1.82) is 5.26 Å². The number of carbonyl (C=O) groups is 1. The molecule has 14 nitrogen and oxygen atoms in total. The first-order valence-electron chi connectivity index (χ1n) is 26.4. The summed E-state index contributed by atoms with van der Waals surface area (Å²) in [7, 11) is 2.06. The van der Waals surface area contributed by atoms with Crippen molar-refractivity contribution in [1.82, 2.24) is 40.2 Å². The highest BCUT2D eigenvalue weighted by atomic mass is 35.5. The molecule has 8 heterocycles. The van der Waals surface area contributed by atoms with Crippen LogP contribution < -0.4 is 24.9 Å². The van der Waals surface area contributed by atoms with Crippen LogP contribution in [0.15, 0.2) is 48.7 Å². The number of hydrogen-bond donors (Lipinski definition) is 1. The van der Waals surface area contributed by atoms with E-state index >= 15 is 0 Å². The minimum absolute atomic E-state index is 0.149. The average molecular weight is 966 g/mol. The van der Waals surface area contributed by atoms with Crippen LogP contribution in [0.3, 0.4) is 0 Å². The van der Waals surface area contributed by atoms with Crippen molar-refractivity contribution in [3.05, 3.63) is 87.2 Å². The zero-order chi connectivity index (χ0) is 47.7. The summed E-state index contributed by atoms with van der Waals surface area (Å²) < 4.78 is 8.90. The van der Waals surface area contributed by atoms with Crippen molar-refractivity contribution in [2.45, 2.75) is 128 Å². The molecule has 0 bridgehead atoms. The molecule has 1 amide bonds. The number of ether oxygens (including phenoxy) is 1. The number of hydrazine groups is 1. The molecule has 2 aromatic heterocycles. The van der Waals surface area contributed by atoms with Crippen LogP contribution in [0.25, 0.3) is 5.57 Å². The number of fused-ring (bicyclic) bond motifs is 2. The van der Waals surface area contributed by atoms with Crippen molar-refractivity contribution >= 4 is 46.1 Å². The summed E-state index contributed by atoms with van der Waals surface area (Å²) in [5, 5.41) is 26.7. The maximum absolute atomic E-state index is 12.7. The lowest BCUT2D eigenvalue weighted by molar-refractivity contribution is -0.129. The second kappa shape index (κ2) is 18.4. The van der Waals surface area contributed by atoms with E-state index in [9.17, 15) is 10.1 Å². The molecule has 5 fully saturated rings. The smallest absolute Gasteiger partial charge is 0.233 e. The highest BCUT2D eigenvalue weighted by molar-refractivity contribution is 6.32. The van der Waals surface area contributed by atoms with E-state index in [4.69, 9.17) is 21.4 Å². The molecular formula is C55H69ClN12O2. The number of aryl methyl sites for hydroxylation is 2. The molecule has 0 atom stereocenters. The van der Waals surface area contributed by atoms with Gasteiger partial charge in [-0.15, -0.1) is 10.2 Å². The van der Waals surface area contributed by atoms with Gasteiger partial charge in [0, 0.05) is 107 Å². The zero-order valence-electron chi connectivity index (χ0n) is 41.4. The Bertz CT molecular complexity index is 2700. The number of amides is 1. The van der Waals surface area contributed by atoms with Crippen LogP contribution in [0.5, 0.6) is 5.88 Å². The molecule has 70 heavy (non-hydrogen) atoms. The summed E-state index contributed by atoms with van der Waals surface area (Å²) in [6, 6.07) is 18.0. The number of piperidine rings is 2. The standard InChI is InChI=1S/C55H69ClN12O2/c1-37-27-50-39(28-46(37)41-33-58-62(3)34-41)5-4-20-67(50)53-47-35-65(38(2)69)21-14-49(47)68(61-53)44-30-55(31-44)18-22-63(23-19-55)42-8-10-45(11-9-42)70-52-13-12-51(59-60-52)64-24-15-54(16-25-64)17-26-66(36-54)43-7-6-40(32-57)48(56)29-43/h6-7,12-13,27-29,34,42,44-45,58H,4-5,8-11,14-26,30-31,33,35-36H2,1-3H3. The molecule has 8 aliphatic rings. The first-order chi connectivity index (χ1) is 34.0. The molecule has 1 N–H and O–H groups in total. The SMILES string of the molecule is CC(=O)N1CCc2c(c(N3CCCc4cc(C5=CN(C)NC5)c(C)cc43)nn2C2CC3(CCN(C4CCC(Oc5ccc(N6CCC7(CCN(c8ccc(C#N)c(Cl)c8)C7)CC6)nn5)CC4)CC3)C2)C1. The van der Waals surface area contributed by atoms with Crippen molar-refractivity contribution in [2.75, 3.05) is 80.7 Å². The van der Waals surface area contributed by atoms with Crippen LogP contribution in [0.1, 0.15) is 124 Å². The Hall–Kier alpha value is -5.36. The van der Waals surface area contributed by atoms with Crippen LogP contribution in [-0.4, -0.2) is 119 Å². The molecule has 2 spiro atoms. The third-order valence-electron chi connectivity index (χ3n) is 18.2. The lowest BCUT2D eigenvalue weighted by atomic mass is 9.60. The molecular weight excluding hydrogens is 896 g/mol. The molecule has 6 aliphatic heterocycles. The van der Waals surface area contributed by atoms with Crippen LogP contribution in [0.2, 0.25) is 5.02 Å². The number of rotatable bonds is 8. The van der Waals surface area contributed by atoms with Crippen molar-refractivity contribution in [2.24, 2.45) is 10.8 Å². The quantitative estimate of drug-likeness (QED) is 0.182. The molecule has 0 radical (unpaired) electrons. The fourth-order valence-corrected chi connectivity index (χ4v) is 14.1. The van der Waals surface area contributed by atoms with Gasteiger partial charge in [0.25, 0.3) is 0 Å². The Morgan fingerprint density at radius 3 is 2.34 bits per heavy atom. The van der Waals surface area contributed by atoms with Crippen LogP contribution in [0.4, 0.5) is 23.0 Å². The normalized spacial score (nSPS) is 24.4. The number of anilines is 4. The van der Waals surface area contributed by atoms with E-state index in [1.54, 1.807) is 6.92 Å². The summed E-state index contributed by atoms with van der Waals surface area (Å²) in [5.41, 5.74) is 15.0. The van der Waals surface area contributed by atoms with Gasteiger partial charge in [0.15, 0.2) is 11.6 Å². The van der Waals surface area contributed by atoms with E-state index in [1.165, 1.54) is 97.2 Å². The van der Waals surface area contributed by atoms with Crippen molar-refractivity contribution < 1.29 is 9.53 Å². The predicted octanol–water partition coefficient (Wildman–Crippen LogP) is 8.59. The number of carbonyl (C=O) groups excluding carboxylic acids is 1. The Kier molecular flexibility index (Phi) is 12.0. The lowest BCUT2D eigenvalue weighted by Crippen LogP contribution is -2.51. The minimum atomic E-state index is 0.149. The molecule has 3 saturated heterocycles. The van der Waals surface area contributed by atoms with Gasteiger partial charge in [-0.2, -0.15) is 10.4 Å². The van der Waals surface area contributed by atoms with Gasteiger partial charge in [-0.25, -0.2) is 5.43 Å². The number of nitrogens with zero attached hydrogens (tertiary/aromatic N) is 11. The molecule has 2 aliphatic carbocycles. The highest BCUT2D eigenvalue weighted by Crippen LogP contribution is 2.56. The maximum Gasteiger partial charge on any atom is 0.233 e. The second-order valence-electron chi connectivity index (χ2n) is 22.3. The average Bonchev–Trinajstić information content (AvgIpc) is 4.10. The molecule has 2 saturated carbocycles. The van der Waals surface area contributed by atoms with Crippen LogP contribution in [0, 0.1) is 29.1 Å². The number of nitrogens with one attached hydrogen (secondary N) is 1. The van der Waals surface area contributed by atoms with Gasteiger partial charge in [0.05, 0.1) is 23.2 Å². The second-order valence-corrected chi connectivity index (χ2v) is 22.8. The lowest BCUT2D eigenvalue weighted by Gasteiger charge is -2.54. The van der Waals surface area contributed by atoms with Crippen LogP contribution in [-0.2, 0) is 24.2 Å².